The quantitative estimate of drug-likeness (QED) is 0.248. The molecule has 2 aliphatic heterocycles. The Morgan fingerprint density at radius 3 is 2.74 bits per heavy atom. The molecule has 0 aromatic heterocycles. The van der Waals surface area contributed by atoms with E-state index in [-0.39, 0.29) is 12.6 Å². The summed E-state index contributed by atoms with van der Waals surface area (Å²) < 4.78 is 5.16. The van der Waals surface area contributed by atoms with Gasteiger partial charge in [-0.1, -0.05) is 0 Å². The number of urea groups is 1. The van der Waals surface area contributed by atoms with Crippen molar-refractivity contribution in [3.63, 3.8) is 0 Å². The minimum Gasteiger partial charge on any atom is -0.394 e. The van der Waals surface area contributed by atoms with Crippen molar-refractivity contribution in [1.82, 2.24) is 15.2 Å². The van der Waals surface area contributed by atoms with Crippen LogP contribution in [-0.2, 0) is 4.74 Å². The van der Waals surface area contributed by atoms with E-state index in [4.69, 9.17) is 26.8 Å². The summed E-state index contributed by atoms with van der Waals surface area (Å²) in [5.74, 6) is 3.07. The normalized spacial score (nSPS) is 39.7. The standard InChI is InChI=1S/C8H16N6O5/c9-6-12-7(18)13(2-14(6)11)8(10)5(17)4(16)3(1-15)19-8/h3-5,15-17H,1-2,10-11H2,(H2,9,12,18)/t3-,4-,5-,8+/m1/s1. The van der Waals surface area contributed by atoms with Crippen LogP contribution in [0.5, 0.6) is 0 Å². The molecule has 2 amide bonds. The first-order chi connectivity index (χ1) is 8.81. The van der Waals surface area contributed by atoms with Gasteiger partial charge in [-0.3, -0.25) is 26.4 Å². The molecule has 2 heterocycles. The molecular weight excluding hydrogens is 260 g/mol. The number of carbonyl (C=O) groups excluding carboxylic acids is 1. The fraction of sp³-hybridized carbons (Fsp3) is 0.750. The van der Waals surface area contributed by atoms with E-state index < -0.39 is 36.8 Å². The molecule has 108 valence electrons. The molecule has 19 heavy (non-hydrogen) atoms. The highest BCUT2D eigenvalue weighted by Gasteiger charge is 2.57. The summed E-state index contributed by atoms with van der Waals surface area (Å²) in [5, 5.41) is 38.9. The van der Waals surface area contributed by atoms with Crippen molar-refractivity contribution in [2.45, 2.75) is 24.2 Å². The Morgan fingerprint density at radius 1 is 1.58 bits per heavy atom. The first kappa shape index (κ1) is 13.9. The van der Waals surface area contributed by atoms with Crippen molar-refractivity contribution >= 4 is 12.0 Å². The Bertz CT molecular complexity index is 407. The molecule has 11 nitrogen and oxygen atoms in total. The number of ether oxygens (including phenoxy) is 1. The maximum atomic E-state index is 11.8. The lowest BCUT2D eigenvalue weighted by molar-refractivity contribution is -0.174. The maximum Gasteiger partial charge on any atom is 0.329 e. The number of carbonyl (C=O) groups is 1. The summed E-state index contributed by atoms with van der Waals surface area (Å²) in [5.41, 5.74) is 5.80. The lowest BCUT2D eigenvalue weighted by Gasteiger charge is -2.43. The number of guanidine groups is 1. The first-order valence-electron chi connectivity index (χ1n) is 5.44. The van der Waals surface area contributed by atoms with Crippen molar-refractivity contribution in [3.8, 4) is 0 Å². The first-order valence-corrected chi connectivity index (χ1v) is 5.44. The van der Waals surface area contributed by atoms with E-state index in [9.17, 15) is 15.0 Å². The molecule has 0 aromatic carbocycles. The van der Waals surface area contributed by atoms with E-state index >= 15 is 0 Å². The zero-order valence-electron chi connectivity index (χ0n) is 9.85. The van der Waals surface area contributed by atoms with Gasteiger partial charge >= 0.3 is 6.03 Å². The molecular formula is C8H16N6O5. The number of aliphatic hydroxyl groups excluding tert-OH is 3. The maximum absolute atomic E-state index is 11.8. The number of hydrogen-bond acceptors (Lipinski definition) is 8. The summed E-state index contributed by atoms with van der Waals surface area (Å²) in [7, 11) is 0. The Morgan fingerprint density at radius 2 is 2.21 bits per heavy atom. The molecule has 0 radical (unpaired) electrons. The molecule has 11 heteroatoms. The van der Waals surface area contributed by atoms with Crippen LogP contribution in [0.25, 0.3) is 0 Å². The Hall–Kier alpha value is -1.50. The van der Waals surface area contributed by atoms with Crippen LogP contribution >= 0.6 is 0 Å². The van der Waals surface area contributed by atoms with Crippen LogP contribution in [0.15, 0.2) is 0 Å². The Kier molecular flexibility index (Phi) is 3.34. The van der Waals surface area contributed by atoms with Crippen LogP contribution in [0, 0.1) is 5.41 Å². The van der Waals surface area contributed by atoms with Crippen LogP contribution in [0.1, 0.15) is 0 Å². The van der Waals surface area contributed by atoms with E-state index in [0.29, 0.717) is 0 Å². The van der Waals surface area contributed by atoms with E-state index in [1.165, 1.54) is 0 Å². The summed E-state index contributed by atoms with van der Waals surface area (Å²) >= 11 is 0. The van der Waals surface area contributed by atoms with Crippen molar-refractivity contribution < 1.29 is 24.9 Å². The number of nitrogens with zero attached hydrogens (tertiary/aromatic N) is 2. The molecule has 4 atom stereocenters. The van der Waals surface area contributed by atoms with Crippen LogP contribution < -0.4 is 16.9 Å². The van der Waals surface area contributed by atoms with Crippen molar-refractivity contribution in [2.24, 2.45) is 11.6 Å². The molecule has 2 aliphatic rings. The number of hydrazine groups is 1. The molecule has 9 N–H and O–H groups in total. The van der Waals surface area contributed by atoms with E-state index in [2.05, 4.69) is 5.32 Å². The topological polar surface area (TPSA) is 181 Å². The molecule has 0 unspecified atom stereocenters. The van der Waals surface area contributed by atoms with E-state index in [1.807, 2.05) is 0 Å². The number of amides is 2. The summed E-state index contributed by atoms with van der Waals surface area (Å²) in [6.45, 7) is -0.891. The second-order valence-electron chi connectivity index (χ2n) is 4.34. The summed E-state index contributed by atoms with van der Waals surface area (Å²) in [6.07, 6.45) is -4.20. The number of aliphatic hydroxyl groups is 3. The number of nitrogens with one attached hydrogen (secondary N) is 2. The van der Waals surface area contributed by atoms with Crippen molar-refractivity contribution in [1.29, 1.82) is 5.41 Å². The second kappa shape index (κ2) is 4.56. The van der Waals surface area contributed by atoms with Crippen LogP contribution in [0.3, 0.4) is 0 Å². The largest absolute Gasteiger partial charge is 0.394 e. The molecule has 0 aromatic rings. The minimum absolute atomic E-state index is 0.316. The molecule has 0 spiro atoms. The predicted octanol–water partition coefficient (Wildman–Crippen LogP) is -4.20. The van der Waals surface area contributed by atoms with Gasteiger partial charge in [-0.2, -0.15) is 0 Å². The second-order valence-corrected chi connectivity index (χ2v) is 4.34. The monoisotopic (exact) mass is 276 g/mol. The van der Waals surface area contributed by atoms with Gasteiger partial charge in [-0.15, -0.1) is 0 Å². The highest BCUT2D eigenvalue weighted by molar-refractivity contribution is 5.96. The fourth-order valence-corrected chi connectivity index (χ4v) is 2.00. The average Bonchev–Trinajstić information content (AvgIpc) is 2.59. The average molecular weight is 276 g/mol. The summed E-state index contributed by atoms with van der Waals surface area (Å²) in [4.78, 5) is 12.6. The highest BCUT2D eigenvalue weighted by Crippen LogP contribution is 2.30. The van der Waals surface area contributed by atoms with Gasteiger partial charge in [0.25, 0.3) is 0 Å². The molecule has 0 saturated carbocycles. The van der Waals surface area contributed by atoms with Gasteiger partial charge < -0.3 is 20.1 Å². The molecule has 0 bridgehead atoms. The van der Waals surface area contributed by atoms with Crippen LogP contribution in [-0.4, -0.2) is 74.7 Å². The van der Waals surface area contributed by atoms with Crippen LogP contribution in [0.4, 0.5) is 4.79 Å². The lowest BCUT2D eigenvalue weighted by atomic mass is 10.1. The third-order valence-electron chi connectivity index (χ3n) is 3.12. The van der Waals surface area contributed by atoms with Gasteiger partial charge in [0.2, 0.25) is 11.8 Å². The SMILES string of the molecule is N=C1NC(=O)N([C@]2(N)O[C@H](CO)[C@@H](O)[C@H]2O)CN1N. The van der Waals surface area contributed by atoms with E-state index in [1.54, 1.807) is 0 Å². The van der Waals surface area contributed by atoms with Gasteiger partial charge in [0.05, 0.1) is 6.61 Å². The van der Waals surface area contributed by atoms with E-state index in [0.717, 1.165) is 9.91 Å². The lowest BCUT2D eigenvalue weighted by Crippen LogP contribution is -2.73. The third-order valence-corrected chi connectivity index (χ3v) is 3.12. The van der Waals surface area contributed by atoms with Gasteiger partial charge in [-0.05, 0) is 0 Å². The molecule has 2 rings (SSSR count). The highest BCUT2D eigenvalue weighted by atomic mass is 16.6. The zero-order valence-corrected chi connectivity index (χ0v) is 9.85. The molecule has 2 saturated heterocycles. The Balaban J connectivity index is 2.25. The van der Waals surface area contributed by atoms with Crippen molar-refractivity contribution in [3.05, 3.63) is 0 Å². The Labute approximate surface area is 107 Å². The smallest absolute Gasteiger partial charge is 0.329 e. The fourth-order valence-electron chi connectivity index (χ4n) is 2.00. The number of hydrogen-bond donors (Lipinski definition) is 7. The van der Waals surface area contributed by atoms with Crippen molar-refractivity contribution in [2.75, 3.05) is 13.3 Å². The van der Waals surface area contributed by atoms with Gasteiger partial charge in [0, 0.05) is 0 Å². The number of nitrogens with two attached hydrogens (primary N) is 2. The molecule has 2 fully saturated rings. The third kappa shape index (κ3) is 2.01. The molecule has 0 aliphatic carbocycles. The van der Waals surface area contributed by atoms with Gasteiger partial charge in [-0.25, -0.2) is 10.6 Å². The predicted molar refractivity (Wildman–Crippen MR) is 59.9 cm³/mol. The number of rotatable bonds is 2. The van der Waals surface area contributed by atoms with Gasteiger partial charge in [0.1, 0.15) is 25.0 Å². The van der Waals surface area contributed by atoms with Crippen LogP contribution in [0.2, 0.25) is 0 Å². The van der Waals surface area contributed by atoms with Gasteiger partial charge in [0.15, 0.2) is 0 Å². The summed E-state index contributed by atoms with van der Waals surface area (Å²) in [6, 6.07) is -0.806. The zero-order chi connectivity index (χ0) is 14.4. The minimum atomic E-state index is -2.05.